The smallest absolute Gasteiger partial charge is 0.338 e. The number of hydrogen-bond acceptors (Lipinski definition) is 16. The molecule has 18 heteroatoms. The van der Waals surface area contributed by atoms with Crippen LogP contribution in [0.4, 0.5) is 0 Å². The van der Waals surface area contributed by atoms with Crippen LogP contribution >= 0.6 is 0 Å². The summed E-state index contributed by atoms with van der Waals surface area (Å²) < 4.78 is 44.6. The summed E-state index contributed by atoms with van der Waals surface area (Å²) in [5.41, 5.74) is -1.22. The number of ketones is 1. The molecule has 1 saturated heterocycles. The van der Waals surface area contributed by atoms with Crippen molar-refractivity contribution in [3.05, 3.63) is 119 Å². The van der Waals surface area contributed by atoms with Crippen LogP contribution in [-0.2, 0) is 56.8 Å². The third kappa shape index (κ3) is 9.91. The molecule has 2 bridgehead atoms. The number of ether oxygens (including phenoxy) is 6. The van der Waals surface area contributed by atoms with Crippen molar-refractivity contribution in [1.29, 1.82) is 0 Å². The molecule has 0 spiro atoms. The van der Waals surface area contributed by atoms with E-state index in [4.69, 9.17) is 38.6 Å². The Balaban J connectivity index is 1.47. The van der Waals surface area contributed by atoms with Gasteiger partial charge in [-0.15, -0.1) is 0 Å². The largest absolute Gasteiger partial charge is 0.460 e. The zero-order chi connectivity index (χ0) is 53.6. The summed E-state index contributed by atoms with van der Waals surface area (Å²) in [5.74, 6) is -7.49. The minimum absolute atomic E-state index is 0.0101. The Kier molecular flexibility index (Phi) is 15.2. The molecule has 3 aromatic carbocycles. The number of fused-ring (bicyclic) bond motifs is 5. The number of amides is 1. The van der Waals surface area contributed by atoms with E-state index in [0.29, 0.717) is 11.1 Å². The maximum Gasteiger partial charge on any atom is 0.338 e. The average molecular weight is 1030 g/mol. The predicted octanol–water partition coefficient (Wildman–Crippen LogP) is 6.27. The van der Waals surface area contributed by atoms with E-state index in [0.717, 1.165) is 13.8 Å². The highest BCUT2D eigenvalue weighted by Crippen LogP contribution is 2.65. The summed E-state index contributed by atoms with van der Waals surface area (Å²) >= 11 is 0. The van der Waals surface area contributed by atoms with Crippen molar-refractivity contribution in [2.75, 3.05) is 13.2 Å². The third-order valence-electron chi connectivity index (χ3n) is 16.1. The van der Waals surface area contributed by atoms with Gasteiger partial charge < -0.3 is 49.0 Å². The molecule has 17 nitrogen and oxygen atoms in total. The van der Waals surface area contributed by atoms with Crippen molar-refractivity contribution in [3.63, 3.8) is 0 Å². The second kappa shape index (κ2) is 20.3. The van der Waals surface area contributed by atoms with Gasteiger partial charge in [-0.2, -0.15) is 0 Å². The normalized spacial score (nSPS) is 29.2. The molecule has 1 amide bonds. The van der Waals surface area contributed by atoms with Crippen LogP contribution in [0.5, 0.6) is 0 Å². The monoisotopic (exact) mass is 1020 g/mol. The van der Waals surface area contributed by atoms with E-state index in [1.54, 1.807) is 99.6 Å². The van der Waals surface area contributed by atoms with Crippen molar-refractivity contribution in [3.8, 4) is 0 Å². The summed E-state index contributed by atoms with van der Waals surface area (Å²) in [6.45, 7) is 17.4. The minimum atomic E-state index is -2.96. The van der Waals surface area contributed by atoms with E-state index < -0.39 is 138 Å². The number of nitrogens with one attached hydrogen (secondary N) is 1. The number of Topliss-reactive ketones (excluding diaryl/α,β-unsaturated/α-hetero) is 1. The van der Waals surface area contributed by atoms with Crippen molar-refractivity contribution in [1.82, 2.24) is 5.32 Å². The second-order valence-electron chi connectivity index (χ2n) is 21.9. The van der Waals surface area contributed by atoms with E-state index in [9.17, 15) is 29.1 Å². The SMILES string of the molecule is CC(=O)O[C@H]1C(=O)[C@@]2(C)C([C@H](OC(=O)c3ccccc3)[C@]3(O)C[C@H](OC(=O)[C@H](O[Si](C)(C)C(C)(C)C)C(NC(=O)c4ccccc4)c4ccccc4)C(C)=C1C3(C)C)[C@]1(OC(C)=O)CO[C@@H]1C[C@@H]2OC(=O)CN. The summed E-state index contributed by atoms with van der Waals surface area (Å²) in [6.07, 6.45) is -10.0. The van der Waals surface area contributed by atoms with Gasteiger partial charge >= 0.3 is 29.8 Å². The second-order valence-corrected chi connectivity index (χ2v) is 26.6. The molecule has 2 unspecified atom stereocenters. The number of carbonyl (C=O) groups excluding carboxylic acids is 7. The first-order chi connectivity index (χ1) is 34.1. The van der Waals surface area contributed by atoms with Gasteiger partial charge in [0, 0.05) is 37.7 Å². The molecule has 392 valence electrons. The van der Waals surface area contributed by atoms with Crippen LogP contribution in [0.3, 0.4) is 0 Å². The molecule has 3 aliphatic carbocycles. The van der Waals surface area contributed by atoms with Crippen molar-refractivity contribution in [2.45, 2.75) is 147 Å². The first kappa shape index (κ1) is 54.7. The molecule has 3 fully saturated rings. The molecular weight excluding hydrogens is 957 g/mol. The molecule has 3 aromatic rings. The lowest BCUT2D eigenvalue weighted by molar-refractivity contribution is -0.346. The molecule has 0 aromatic heterocycles. The fourth-order valence-corrected chi connectivity index (χ4v) is 12.4. The molecule has 2 saturated carbocycles. The van der Waals surface area contributed by atoms with Crippen LogP contribution in [0.25, 0.3) is 0 Å². The Morgan fingerprint density at radius 2 is 1.41 bits per heavy atom. The summed E-state index contributed by atoms with van der Waals surface area (Å²) in [6, 6.07) is 24.0. The van der Waals surface area contributed by atoms with Crippen molar-refractivity contribution >= 4 is 49.9 Å². The number of carbonyl (C=O) groups is 7. The highest BCUT2D eigenvalue weighted by Gasteiger charge is 2.79. The van der Waals surface area contributed by atoms with Gasteiger partial charge in [-0.05, 0) is 73.0 Å². The number of hydrogen-bond donors (Lipinski definition) is 3. The Morgan fingerprint density at radius 3 is 1.93 bits per heavy atom. The highest BCUT2D eigenvalue weighted by molar-refractivity contribution is 6.74. The van der Waals surface area contributed by atoms with Crippen LogP contribution in [0.1, 0.15) is 107 Å². The molecule has 73 heavy (non-hydrogen) atoms. The lowest BCUT2D eigenvalue weighted by Crippen LogP contribution is -2.82. The molecule has 1 heterocycles. The van der Waals surface area contributed by atoms with E-state index in [1.165, 1.54) is 19.1 Å². The fourth-order valence-electron chi connectivity index (χ4n) is 11.1. The molecule has 7 rings (SSSR count). The molecule has 11 atom stereocenters. The van der Waals surface area contributed by atoms with E-state index in [1.807, 2.05) is 33.9 Å². The first-order valence-electron chi connectivity index (χ1n) is 24.6. The maximum atomic E-state index is 16.2. The van der Waals surface area contributed by atoms with Crippen LogP contribution in [0.2, 0.25) is 18.1 Å². The van der Waals surface area contributed by atoms with Crippen LogP contribution in [0.15, 0.2) is 102 Å². The van der Waals surface area contributed by atoms with E-state index in [-0.39, 0.29) is 29.7 Å². The Hall–Kier alpha value is -6.05. The molecular formula is C55H68N2O15Si. The van der Waals surface area contributed by atoms with E-state index in [2.05, 4.69) is 5.32 Å². The van der Waals surface area contributed by atoms with Gasteiger partial charge in [0.25, 0.3) is 5.91 Å². The Morgan fingerprint density at radius 1 is 0.836 bits per heavy atom. The molecule has 4 N–H and O–H groups in total. The minimum Gasteiger partial charge on any atom is -0.460 e. The number of nitrogens with two attached hydrogens (primary N) is 1. The van der Waals surface area contributed by atoms with Gasteiger partial charge in [0.2, 0.25) is 0 Å². The highest BCUT2D eigenvalue weighted by atomic mass is 28.4. The lowest BCUT2D eigenvalue weighted by Gasteiger charge is -2.67. The maximum absolute atomic E-state index is 16.2. The summed E-state index contributed by atoms with van der Waals surface area (Å²) in [7, 11) is -2.96. The lowest BCUT2D eigenvalue weighted by atomic mass is 9.44. The van der Waals surface area contributed by atoms with Crippen molar-refractivity contribution in [2.24, 2.45) is 22.5 Å². The van der Waals surface area contributed by atoms with E-state index >= 15 is 9.59 Å². The zero-order valence-corrected chi connectivity index (χ0v) is 44.3. The fraction of sp³-hybridized carbons (Fsp3) is 0.509. The van der Waals surface area contributed by atoms with Crippen LogP contribution in [-0.4, -0.2) is 116 Å². The van der Waals surface area contributed by atoms with Gasteiger partial charge in [0.15, 0.2) is 31.9 Å². The molecule has 0 radical (unpaired) electrons. The number of benzene rings is 3. The molecule has 4 aliphatic rings. The molecule has 1 aliphatic heterocycles. The van der Waals surface area contributed by atoms with Crippen LogP contribution < -0.4 is 11.1 Å². The van der Waals surface area contributed by atoms with Gasteiger partial charge in [-0.1, -0.05) is 101 Å². The van der Waals surface area contributed by atoms with Gasteiger partial charge in [0.1, 0.15) is 30.0 Å². The first-order valence-corrected chi connectivity index (χ1v) is 27.5. The Bertz CT molecular complexity index is 2650. The third-order valence-corrected chi connectivity index (χ3v) is 20.5. The number of aliphatic hydroxyl groups is 1. The zero-order valence-electron chi connectivity index (χ0n) is 43.3. The van der Waals surface area contributed by atoms with Gasteiger partial charge in [-0.25, -0.2) is 9.59 Å². The number of esters is 5. The summed E-state index contributed by atoms with van der Waals surface area (Å²) in [5, 5.41) is 16.8. The average Bonchev–Trinajstić information content (AvgIpc) is 3.33. The quantitative estimate of drug-likeness (QED) is 0.0697. The van der Waals surface area contributed by atoms with Crippen LogP contribution in [0, 0.1) is 16.7 Å². The van der Waals surface area contributed by atoms with Crippen molar-refractivity contribution < 1.29 is 71.5 Å². The topological polar surface area (TPSA) is 242 Å². The number of rotatable bonds is 14. The standard InChI is InChI=1S/C55H68N2O15Si/c1-31-37(68-50(64)44(72-73(10,11)51(4,5)6)42(34-21-15-12-16-22-34)57-48(62)35-23-17-13-18-24-35)28-55(65)47(70-49(63)36-25-19-14-20-26-36)45-53(9,46(61)43(67-32(2)58)41(31)52(55,7)8)38(69-40(60)29-56)27-39-54(45,30-66-39)71-33(3)59/h12-26,37-39,42-45,47,65H,27-30,56H2,1-11H3,(H,57,62)/t37-,38-,39+,42?,43+,44+,45?,47-,53+,54-,55+/m0/s1. The summed E-state index contributed by atoms with van der Waals surface area (Å²) in [4.78, 5) is 101. The van der Waals surface area contributed by atoms with Gasteiger partial charge in [0.05, 0.1) is 36.1 Å². The Labute approximate surface area is 426 Å². The van der Waals surface area contributed by atoms with Gasteiger partial charge in [-0.3, -0.25) is 24.0 Å². The predicted molar refractivity (Wildman–Crippen MR) is 267 cm³/mol.